The highest BCUT2D eigenvalue weighted by Gasteiger charge is 2.12. The Kier molecular flexibility index (Phi) is 4.11. The molecule has 0 aliphatic carbocycles. The van der Waals surface area contributed by atoms with Crippen molar-refractivity contribution in [2.24, 2.45) is 0 Å². The van der Waals surface area contributed by atoms with Gasteiger partial charge in [0, 0.05) is 19.2 Å². The second kappa shape index (κ2) is 5.35. The summed E-state index contributed by atoms with van der Waals surface area (Å²) in [6, 6.07) is 5.52. The molecule has 1 rings (SSSR count). The smallest absolute Gasteiger partial charge is 0.325 e. The zero-order valence-corrected chi connectivity index (χ0v) is 10.6. The number of nitriles is 1. The number of hydrogen-bond donors (Lipinski definition) is 0. The van der Waals surface area contributed by atoms with Gasteiger partial charge in [-0.1, -0.05) is 6.07 Å². The summed E-state index contributed by atoms with van der Waals surface area (Å²) in [5.41, 5.74) is 3.18. The summed E-state index contributed by atoms with van der Waals surface area (Å²) in [6.07, 6.45) is 0. The average Bonchev–Trinajstić information content (AvgIpc) is 2.32. The van der Waals surface area contributed by atoms with Crippen molar-refractivity contribution in [3.63, 3.8) is 0 Å². The summed E-state index contributed by atoms with van der Waals surface area (Å²) >= 11 is 0. The van der Waals surface area contributed by atoms with Crippen LogP contribution < -0.4 is 4.74 Å². The largest absolute Gasteiger partial charge is 0.496 e. The second-order valence-corrected chi connectivity index (χ2v) is 4.02. The van der Waals surface area contributed by atoms with Crippen LogP contribution in [-0.4, -0.2) is 25.0 Å². The predicted octanol–water partition coefficient (Wildman–Crippen LogP) is 1.79. The van der Waals surface area contributed by atoms with Gasteiger partial charge in [-0.05, 0) is 31.0 Å². The first kappa shape index (κ1) is 13.0. The highest BCUT2D eigenvalue weighted by molar-refractivity contribution is 5.90. The molecule has 0 aromatic heterocycles. The van der Waals surface area contributed by atoms with Crippen LogP contribution in [0.5, 0.6) is 5.75 Å². The quantitative estimate of drug-likeness (QED) is 0.747. The first-order chi connectivity index (χ1) is 7.99. The first-order valence-corrected chi connectivity index (χ1v) is 5.29. The Bertz CT molecular complexity index is 475. The van der Waals surface area contributed by atoms with Gasteiger partial charge in [0.2, 0.25) is 0 Å². The Morgan fingerprint density at radius 3 is 2.53 bits per heavy atom. The van der Waals surface area contributed by atoms with Gasteiger partial charge in [0.15, 0.2) is 6.07 Å². The highest BCUT2D eigenvalue weighted by atomic mass is 16.5. The Hall–Kier alpha value is -2.02. The molecular formula is C13H16N2O2. The number of amides is 1. The minimum atomic E-state index is -0.551. The summed E-state index contributed by atoms with van der Waals surface area (Å²) in [6.45, 7) is 4.38. The van der Waals surface area contributed by atoms with Crippen molar-refractivity contribution in [2.75, 3.05) is 14.2 Å². The van der Waals surface area contributed by atoms with Gasteiger partial charge in [0.1, 0.15) is 5.75 Å². The van der Waals surface area contributed by atoms with E-state index in [1.165, 1.54) is 4.90 Å². The Morgan fingerprint density at radius 2 is 2.00 bits per heavy atom. The molecule has 0 aliphatic heterocycles. The maximum absolute atomic E-state index is 11.2. The molecule has 1 aromatic carbocycles. The maximum Gasteiger partial charge on any atom is 0.325 e. The van der Waals surface area contributed by atoms with E-state index < -0.39 is 5.91 Å². The fourth-order valence-corrected chi connectivity index (χ4v) is 1.58. The van der Waals surface area contributed by atoms with Crippen LogP contribution in [0.15, 0.2) is 12.1 Å². The monoisotopic (exact) mass is 232 g/mol. The van der Waals surface area contributed by atoms with Crippen molar-refractivity contribution in [1.29, 1.82) is 5.26 Å². The lowest BCUT2D eigenvalue weighted by Gasteiger charge is -2.17. The number of methoxy groups -OCH3 is 1. The van der Waals surface area contributed by atoms with Crippen molar-refractivity contribution < 1.29 is 9.53 Å². The number of aryl methyl sites for hydroxylation is 2. The maximum atomic E-state index is 11.2. The minimum absolute atomic E-state index is 0.372. The van der Waals surface area contributed by atoms with Crippen molar-refractivity contribution in [2.45, 2.75) is 20.4 Å². The van der Waals surface area contributed by atoms with Crippen molar-refractivity contribution in [3.05, 3.63) is 28.8 Å². The molecule has 0 unspecified atom stereocenters. The lowest BCUT2D eigenvalue weighted by Crippen LogP contribution is -2.24. The number of carbonyl (C=O) groups excluding carboxylic acids is 1. The van der Waals surface area contributed by atoms with Gasteiger partial charge < -0.3 is 9.64 Å². The molecule has 0 saturated heterocycles. The van der Waals surface area contributed by atoms with Crippen LogP contribution in [0.1, 0.15) is 16.7 Å². The fraction of sp³-hybridized carbons (Fsp3) is 0.385. The van der Waals surface area contributed by atoms with Crippen LogP contribution in [0, 0.1) is 25.2 Å². The first-order valence-electron chi connectivity index (χ1n) is 5.29. The molecule has 0 bridgehead atoms. The Labute approximate surface area is 101 Å². The molecule has 1 amide bonds. The van der Waals surface area contributed by atoms with Gasteiger partial charge >= 0.3 is 5.91 Å². The van der Waals surface area contributed by atoms with E-state index in [-0.39, 0.29) is 0 Å². The van der Waals surface area contributed by atoms with Crippen LogP contribution >= 0.6 is 0 Å². The molecule has 1 aromatic rings. The minimum Gasteiger partial charge on any atom is -0.496 e. The van der Waals surface area contributed by atoms with E-state index >= 15 is 0 Å². The molecule has 4 heteroatoms. The molecule has 0 atom stereocenters. The Balaban J connectivity index is 3.02. The summed E-state index contributed by atoms with van der Waals surface area (Å²) in [5.74, 6) is 0.191. The van der Waals surface area contributed by atoms with E-state index in [2.05, 4.69) is 0 Å². The lowest BCUT2D eigenvalue weighted by molar-refractivity contribution is -0.124. The fourth-order valence-electron chi connectivity index (χ4n) is 1.58. The topological polar surface area (TPSA) is 53.3 Å². The molecule has 0 N–H and O–H groups in total. The SMILES string of the molecule is COc1cc(C)c(C)cc1CN(C)C(=O)C#N. The molecule has 0 heterocycles. The average molecular weight is 232 g/mol. The van der Waals surface area contributed by atoms with E-state index in [0.29, 0.717) is 6.54 Å². The number of carbonyl (C=O) groups is 1. The van der Waals surface area contributed by atoms with E-state index in [9.17, 15) is 4.79 Å². The van der Waals surface area contributed by atoms with E-state index in [1.54, 1.807) is 20.2 Å². The molecule has 0 spiro atoms. The summed E-state index contributed by atoms with van der Waals surface area (Å²) < 4.78 is 5.27. The van der Waals surface area contributed by atoms with Crippen molar-refractivity contribution in [1.82, 2.24) is 4.90 Å². The third-order valence-electron chi connectivity index (χ3n) is 2.75. The third-order valence-corrected chi connectivity index (χ3v) is 2.75. The number of hydrogen-bond acceptors (Lipinski definition) is 3. The zero-order chi connectivity index (χ0) is 13.0. The zero-order valence-electron chi connectivity index (χ0n) is 10.6. The second-order valence-electron chi connectivity index (χ2n) is 4.02. The summed E-state index contributed by atoms with van der Waals surface area (Å²) in [7, 11) is 3.19. The van der Waals surface area contributed by atoms with E-state index in [0.717, 1.165) is 22.4 Å². The van der Waals surface area contributed by atoms with Crippen LogP contribution in [0.4, 0.5) is 0 Å². The van der Waals surface area contributed by atoms with Crippen LogP contribution in [0.25, 0.3) is 0 Å². The third kappa shape index (κ3) is 2.97. The van der Waals surface area contributed by atoms with Crippen LogP contribution in [-0.2, 0) is 11.3 Å². The Morgan fingerprint density at radius 1 is 1.41 bits per heavy atom. The van der Waals surface area contributed by atoms with Gasteiger partial charge in [-0.3, -0.25) is 4.79 Å². The molecule has 4 nitrogen and oxygen atoms in total. The van der Waals surface area contributed by atoms with E-state index in [4.69, 9.17) is 10.00 Å². The van der Waals surface area contributed by atoms with Gasteiger partial charge in [-0.25, -0.2) is 0 Å². The van der Waals surface area contributed by atoms with Gasteiger partial charge in [-0.2, -0.15) is 5.26 Å². The number of nitrogens with zero attached hydrogens (tertiary/aromatic N) is 2. The van der Waals surface area contributed by atoms with Gasteiger partial charge in [-0.15, -0.1) is 0 Å². The summed E-state index contributed by atoms with van der Waals surface area (Å²) in [5, 5.41) is 8.54. The molecule has 0 aliphatic rings. The molecule has 0 fully saturated rings. The molecule has 0 saturated carbocycles. The molecule has 17 heavy (non-hydrogen) atoms. The molecule has 0 radical (unpaired) electrons. The lowest BCUT2D eigenvalue weighted by atomic mass is 10.0. The molecular weight excluding hydrogens is 216 g/mol. The van der Waals surface area contributed by atoms with Gasteiger partial charge in [0.25, 0.3) is 0 Å². The van der Waals surface area contributed by atoms with E-state index in [1.807, 2.05) is 26.0 Å². The van der Waals surface area contributed by atoms with Crippen LogP contribution in [0.2, 0.25) is 0 Å². The number of rotatable bonds is 3. The standard InChI is InChI=1S/C13H16N2O2/c1-9-5-11(8-15(3)13(16)7-14)12(17-4)6-10(9)2/h5-6H,8H2,1-4H3. The number of benzene rings is 1. The van der Waals surface area contributed by atoms with Crippen LogP contribution in [0.3, 0.4) is 0 Å². The highest BCUT2D eigenvalue weighted by Crippen LogP contribution is 2.24. The normalized spacial score (nSPS) is 9.59. The van der Waals surface area contributed by atoms with Crippen molar-refractivity contribution in [3.8, 4) is 11.8 Å². The van der Waals surface area contributed by atoms with Crippen molar-refractivity contribution >= 4 is 5.91 Å². The number of ether oxygens (including phenoxy) is 1. The molecule has 90 valence electrons. The summed E-state index contributed by atoms with van der Waals surface area (Å²) in [4.78, 5) is 12.6. The van der Waals surface area contributed by atoms with Gasteiger partial charge in [0.05, 0.1) is 7.11 Å². The predicted molar refractivity (Wildman–Crippen MR) is 64.6 cm³/mol.